The molecular formula is C27H28N2O5. The van der Waals surface area contributed by atoms with Gasteiger partial charge < -0.3 is 9.64 Å². The van der Waals surface area contributed by atoms with Gasteiger partial charge in [0.15, 0.2) is 0 Å². The molecule has 7 nitrogen and oxygen atoms in total. The lowest BCUT2D eigenvalue weighted by atomic mass is 9.81. The highest BCUT2D eigenvalue weighted by molar-refractivity contribution is 6.22. The maximum absolute atomic E-state index is 12.9. The fraction of sp³-hybridized carbons (Fsp3) is 0.407. The molecule has 0 bridgehead atoms. The van der Waals surface area contributed by atoms with Crippen molar-refractivity contribution in [2.45, 2.75) is 46.0 Å². The van der Waals surface area contributed by atoms with Crippen molar-refractivity contribution < 1.29 is 23.9 Å². The van der Waals surface area contributed by atoms with E-state index in [1.807, 2.05) is 31.2 Å². The third-order valence-corrected chi connectivity index (χ3v) is 7.27. The summed E-state index contributed by atoms with van der Waals surface area (Å²) in [4.78, 5) is 54.1. The van der Waals surface area contributed by atoms with Crippen LogP contribution >= 0.6 is 0 Å². The first kappa shape index (κ1) is 22.3. The predicted octanol–water partition coefficient (Wildman–Crippen LogP) is 3.94. The largest absolute Gasteiger partial charge is 0.426 e. The lowest BCUT2D eigenvalue weighted by Gasteiger charge is -2.19. The number of aryl methyl sites for hydroxylation is 2. The van der Waals surface area contributed by atoms with Crippen LogP contribution in [0.5, 0.6) is 5.75 Å². The number of rotatable bonds is 4. The number of benzene rings is 2. The molecule has 2 heterocycles. The molecule has 3 atom stereocenters. The van der Waals surface area contributed by atoms with Gasteiger partial charge in [0.05, 0.1) is 23.4 Å². The van der Waals surface area contributed by atoms with Gasteiger partial charge in [-0.3, -0.25) is 19.2 Å². The zero-order valence-electron chi connectivity index (χ0n) is 19.5. The second-order valence-corrected chi connectivity index (χ2v) is 9.62. The van der Waals surface area contributed by atoms with Gasteiger partial charge in [-0.25, -0.2) is 4.90 Å². The zero-order valence-corrected chi connectivity index (χ0v) is 19.5. The molecule has 2 aromatic rings. The maximum atomic E-state index is 12.9. The van der Waals surface area contributed by atoms with E-state index in [9.17, 15) is 19.2 Å². The van der Waals surface area contributed by atoms with Crippen molar-refractivity contribution in [3.8, 4) is 5.75 Å². The smallest absolute Gasteiger partial charge is 0.316 e. The van der Waals surface area contributed by atoms with E-state index in [1.165, 1.54) is 4.90 Å². The van der Waals surface area contributed by atoms with E-state index in [0.717, 1.165) is 36.9 Å². The number of nitrogens with zero attached hydrogens (tertiary/aromatic N) is 2. The van der Waals surface area contributed by atoms with E-state index in [2.05, 4.69) is 0 Å². The van der Waals surface area contributed by atoms with E-state index in [1.54, 1.807) is 30.0 Å². The highest BCUT2D eigenvalue weighted by atomic mass is 16.5. The van der Waals surface area contributed by atoms with Gasteiger partial charge in [-0.2, -0.15) is 0 Å². The van der Waals surface area contributed by atoms with E-state index in [4.69, 9.17) is 4.74 Å². The molecular weight excluding hydrogens is 432 g/mol. The summed E-state index contributed by atoms with van der Waals surface area (Å²) in [6, 6.07) is 12.6. The van der Waals surface area contributed by atoms with Crippen molar-refractivity contribution in [2.24, 2.45) is 17.8 Å². The molecule has 2 saturated heterocycles. The quantitative estimate of drug-likeness (QED) is 0.392. The summed E-state index contributed by atoms with van der Waals surface area (Å²) in [5.41, 5.74) is 3.10. The summed E-state index contributed by atoms with van der Waals surface area (Å²) < 4.78 is 5.59. The SMILES string of the molecule is Cc1ccc(N2C[C@H](C(=O)Oc3ccc(N4C(=O)[C@H]5CCCC[C@H]5C4=O)c(C)c3)CC2=O)cc1. The molecule has 0 aromatic heterocycles. The summed E-state index contributed by atoms with van der Waals surface area (Å²) in [5, 5.41) is 0. The number of amides is 3. The van der Waals surface area contributed by atoms with Gasteiger partial charge in [0, 0.05) is 18.7 Å². The lowest BCUT2D eigenvalue weighted by molar-refractivity contribution is -0.139. The Bertz CT molecular complexity index is 1150. The minimum atomic E-state index is -0.557. The van der Waals surface area contributed by atoms with E-state index >= 15 is 0 Å². The van der Waals surface area contributed by atoms with Crippen LogP contribution in [0, 0.1) is 31.6 Å². The van der Waals surface area contributed by atoms with E-state index in [0.29, 0.717) is 17.0 Å². The molecule has 2 aromatic carbocycles. The minimum absolute atomic E-state index is 0.101. The van der Waals surface area contributed by atoms with Crippen LogP contribution in [0.3, 0.4) is 0 Å². The maximum Gasteiger partial charge on any atom is 0.316 e. The van der Waals surface area contributed by atoms with Crippen LogP contribution < -0.4 is 14.5 Å². The van der Waals surface area contributed by atoms with Gasteiger partial charge in [0.1, 0.15) is 5.75 Å². The number of anilines is 2. The van der Waals surface area contributed by atoms with Crippen LogP contribution in [0.1, 0.15) is 43.2 Å². The standard InChI is InChI=1S/C27H28N2O5/c1-16-7-9-19(10-8-16)28-15-18(14-24(28)30)27(33)34-20-11-12-23(17(2)13-20)29-25(31)21-5-3-4-6-22(21)26(29)32/h7-13,18,21-22H,3-6,14-15H2,1-2H3/t18-,21-,22+/m1/s1. The third kappa shape index (κ3) is 3.89. The number of carbonyl (C=O) groups is 4. The molecule has 0 unspecified atom stereocenters. The molecule has 0 radical (unpaired) electrons. The summed E-state index contributed by atoms with van der Waals surface area (Å²) >= 11 is 0. The molecule has 1 saturated carbocycles. The number of fused-ring (bicyclic) bond motifs is 1. The number of hydrogen-bond acceptors (Lipinski definition) is 5. The van der Waals surface area contributed by atoms with Crippen molar-refractivity contribution in [3.05, 3.63) is 53.6 Å². The van der Waals surface area contributed by atoms with Crippen LogP contribution in [-0.4, -0.2) is 30.2 Å². The molecule has 1 aliphatic carbocycles. The van der Waals surface area contributed by atoms with Gasteiger partial charge in [-0.1, -0.05) is 30.5 Å². The Balaban J connectivity index is 1.28. The van der Waals surface area contributed by atoms with Crippen LogP contribution in [0.2, 0.25) is 0 Å². The average molecular weight is 461 g/mol. The first-order chi connectivity index (χ1) is 16.3. The fourth-order valence-corrected chi connectivity index (χ4v) is 5.38. The molecule has 176 valence electrons. The van der Waals surface area contributed by atoms with Crippen molar-refractivity contribution >= 4 is 35.1 Å². The highest BCUT2D eigenvalue weighted by Gasteiger charge is 2.49. The van der Waals surface area contributed by atoms with E-state index in [-0.39, 0.29) is 42.5 Å². The molecule has 7 heteroatoms. The Hall–Kier alpha value is -3.48. The normalized spacial score (nSPS) is 24.5. The third-order valence-electron chi connectivity index (χ3n) is 7.27. The second kappa shape index (κ2) is 8.70. The Morgan fingerprint density at radius 2 is 1.56 bits per heavy atom. The summed E-state index contributed by atoms with van der Waals surface area (Å²) in [5.74, 6) is -1.46. The fourth-order valence-electron chi connectivity index (χ4n) is 5.38. The number of hydrogen-bond donors (Lipinski definition) is 0. The monoisotopic (exact) mass is 460 g/mol. The highest BCUT2D eigenvalue weighted by Crippen LogP contribution is 2.41. The molecule has 2 aliphatic heterocycles. The van der Waals surface area contributed by atoms with Gasteiger partial charge in [-0.15, -0.1) is 0 Å². The van der Waals surface area contributed by atoms with Gasteiger partial charge >= 0.3 is 5.97 Å². The summed E-state index contributed by atoms with van der Waals surface area (Å²) in [6.07, 6.45) is 3.59. The minimum Gasteiger partial charge on any atom is -0.426 e. The average Bonchev–Trinajstić information content (AvgIpc) is 3.33. The number of imide groups is 1. The summed E-state index contributed by atoms with van der Waals surface area (Å²) in [6.45, 7) is 4.05. The van der Waals surface area contributed by atoms with Gasteiger partial charge in [0.2, 0.25) is 17.7 Å². The molecule has 0 spiro atoms. The van der Waals surface area contributed by atoms with Crippen molar-refractivity contribution in [1.82, 2.24) is 0 Å². The number of carbonyl (C=O) groups excluding carboxylic acids is 4. The molecule has 0 N–H and O–H groups in total. The van der Waals surface area contributed by atoms with E-state index < -0.39 is 11.9 Å². The Morgan fingerprint density at radius 3 is 2.18 bits per heavy atom. The van der Waals surface area contributed by atoms with Gasteiger partial charge in [-0.05, 0) is 62.6 Å². The van der Waals surface area contributed by atoms with Crippen LogP contribution in [0.4, 0.5) is 11.4 Å². The zero-order chi connectivity index (χ0) is 24.0. The van der Waals surface area contributed by atoms with Crippen molar-refractivity contribution in [1.29, 1.82) is 0 Å². The van der Waals surface area contributed by atoms with Crippen LogP contribution in [0.15, 0.2) is 42.5 Å². The topological polar surface area (TPSA) is 84.0 Å². The van der Waals surface area contributed by atoms with Crippen molar-refractivity contribution in [3.63, 3.8) is 0 Å². The predicted molar refractivity (Wildman–Crippen MR) is 126 cm³/mol. The number of esters is 1. The molecule has 3 amide bonds. The second-order valence-electron chi connectivity index (χ2n) is 9.62. The van der Waals surface area contributed by atoms with Gasteiger partial charge in [0.25, 0.3) is 0 Å². The Morgan fingerprint density at radius 1 is 0.912 bits per heavy atom. The first-order valence-electron chi connectivity index (χ1n) is 11.9. The summed E-state index contributed by atoms with van der Waals surface area (Å²) in [7, 11) is 0. The van der Waals surface area contributed by atoms with Crippen LogP contribution in [0.25, 0.3) is 0 Å². The van der Waals surface area contributed by atoms with Crippen LogP contribution in [-0.2, 0) is 19.2 Å². The Labute approximate surface area is 198 Å². The molecule has 34 heavy (non-hydrogen) atoms. The number of ether oxygens (including phenoxy) is 1. The molecule has 3 fully saturated rings. The first-order valence-corrected chi connectivity index (χ1v) is 11.9. The lowest BCUT2D eigenvalue weighted by Crippen LogP contribution is -2.31. The van der Waals surface area contributed by atoms with Crippen molar-refractivity contribution in [2.75, 3.05) is 16.3 Å². The Kier molecular flexibility index (Phi) is 5.71. The molecule has 3 aliphatic rings. The molecule has 5 rings (SSSR count).